The minimum Gasteiger partial charge on any atom is -0.497 e. The molecule has 0 saturated carbocycles. The number of methoxy groups -OCH3 is 1. The van der Waals surface area contributed by atoms with Crippen molar-refractivity contribution in [3.8, 4) is 28.3 Å². The van der Waals surface area contributed by atoms with Crippen molar-refractivity contribution < 1.29 is 9.13 Å². The summed E-state index contributed by atoms with van der Waals surface area (Å²) in [6.07, 6.45) is 3.15. The minimum absolute atomic E-state index is 0.334. The second-order valence-corrected chi connectivity index (χ2v) is 8.18. The lowest BCUT2D eigenvalue weighted by atomic mass is 10.0. The first-order valence-electron chi connectivity index (χ1n) is 10.9. The fourth-order valence-corrected chi connectivity index (χ4v) is 4.49. The number of aromatic nitrogens is 4. The van der Waals surface area contributed by atoms with E-state index in [0.717, 1.165) is 69.7 Å². The van der Waals surface area contributed by atoms with Crippen molar-refractivity contribution in [2.45, 2.75) is 6.42 Å². The van der Waals surface area contributed by atoms with Crippen LogP contribution in [0.4, 0.5) is 4.39 Å². The van der Waals surface area contributed by atoms with E-state index in [0.29, 0.717) is 5.75 Å². The summed E-state index contributed by atoms with van der Waals surface area (Å²) in [5.41, 5.74) is 8.19. The minimum atomic E-state index is -0.334. The predicted octanol–water partition coefficient (Wildman–Crippen LogP) is 5.30. The van der Waals surface area contributed by atoms with Gasteiger partial charge in [-0.05, 0) is 66.1 Å². The van der Waals surface area contributed by atoms with E-state index in [4.69, 9.17) is 9.72 Å². The molecule has 5 aromatic rings. The number of rotatable bonds is 4. The Hall–Kier alpha value is -3.97. The van der Waals surface area contributed by atoms with Gasteiger partial charge in [0, 0.05) is 23.5 Å². The van der Waals surface area contributed by atoms with Gasteiger partial charge in [0.2, 0.25) is 0 Å². The molecule has 3 aromatic heterocycles. The molecule has 6 rings (SSSR count). The van der Waals surface area contributed by atoms with Gasteiger partial charge in [0.05, 0.1) is 24.0 Å². The predicted molar refractivity (Wildman–Crippen MR) is 129 cm³/mol. The van der Waals surface area contributed by atoms with Crippen molar-refractivity contribution in [3.63, 3.8) is 0 Å². The zero-order chi connectivity index (χ0) is 22.4. The highest BCUT2D eigenvalue weighted by Crippen LogP contribution is 2.35. The van der Waals surface area contributed by atoms with E-state index in [2.05, 4.69) is 32.6 Å². The van der Waals surface area contributed by atoms with Crippen molar-refractivity contribution in [3.05, 3.63) is 72.2 Å². The Balaban J connectivity index is 1.48. The molecular formula is C26H22FN5O. The van der Waals surface area contributed by atoms with Gasteiger partial charge in [-0.15, -0.1) is 0 Å². The molecule has 4 heterocycles. The molecule has 0 aliphatic carbocycles. The summed E-state index contributed by atoms with van der Waals surface area (Å²) >= 11 is 0. The van der Waals surface area contributed by atoms with Crippen molar-refractivity contribution in [1.82, 2.24) is 25.5 Å². The SMILES string of the molecule is COc1cc(F)cc(-c2cccc3[nH]c(-c4n[nH]c5ccc(C6=CCNCC6)nc45)cc23)c1. The second kappa shape index (κ2) is 7.86. The molecule has 1 aliphatic rings. The molecule has 0 spiro atoms. The Labute approximate surface area is 189 Å². The van der Waals surface area contributed by atoms with Gasteiger partial charge in [0.25, 0.3) is 0 Å². The summed E-state index contributed by atoms with van der Waals surface area (Å²) in [4.78, 5) is 8.41. The number of hydrogen-bond donors (Lipinski definition) is 3. The van der Waals surface area contributed by atoms with E-state index >= 15 is 0 Å². The Kier molecular flexibility index (Phi) is 4.69. The van der Waals surface area contributed by atoms with Gasteiger partial charge in [0.1, 0.15) is 22.8 Å². The van der Waals surface area contributed by atoms with Crippen LogP contribution in [0.25, 0.3) is 50.0 Å². The van der Waals surface area contributed by atoms with E-state index in [1.165, 1.54) is 24.8 Å². The first-order valence-corrected chi connectivity index (χ1v) is 10.9. The Morgan fingerprint density at radius 3 is 2.82 bits per heavy atom. The number of pyridine rings is 1. The van der Waals surface area contributed by atoms with Crippen LogP contribution in [0, 0.1) is 5.82 Å². The third-order valence-electron chi connectivity index (χ3n) is 6.14. The molecule has 1 aliphatic heterocycles. The van der Waals surface area contributed by atoms with Crippen molar-refractivity contribution in [2.75, 3.05) is 20.2 Å². The molecule has 164 valence electrons. The van der Waals surface area contributed by atoms with E-state index in [-0.39, 0.29) is 5.82 Å². The topological polar surface area (TPSA) is 78.6 Å². The van der Waals surface area contributed by atoms with Crippen LogP contribution >= 0.6 is 0 Å². The van der Waals surface area contributed by atoms with Crippen LogP contribution in [0.15, 0.2) is 60.7 Å². The van der Waals surface area contributed by atoms with Crippen LogP contribution in [0.3, 0.4) is 0 Å². The maximum Gasteiger partial charge on any atom is 0.135 e. The van der Waals surface area contributed by atoms with Crippen LogP contribution in [-0.4, -0.2) is 40.4 Å². The molecule has 0 atom stereocenters. The van der Waals surface area contributed by atoms with E-state index in [9.17, 15) is 4.39 Å². The standard InChI is InChI=1S/C26H22FN5O/c1-33-18-12-16(11-17(27)13-18)19-3-2-4-22-20(19)14-24(29-22)26-25-23(31-32-26)6-5-21(30-25)15-7-9-28-10-8-15/h2-7,11-14,28-29H,8-10H2,1H3,(H,31,32). The van der Waals surface area contributed by atoms with Crippen LogP contribution < -0.4 is 10.1 Å². The first-order chi connectivity index (χ1) is 16.2. The van der Waals surface area contributed by atoms with E-state index in [1.807, 2.05) is 36.4 Å². The van der Waals surface area contributed by atoms with Gasteiger partial charge in [-0.2, -0.15) is 5.10 Å². The maximum absolute atomic E-state index is 14.2. The van der Waals surface area contributed by atoms with Crippen LogP contribution in [0.1, 0.15) is 12.1 Å². The molecule has 0 saturated heterocycles. The molecule has 3 N–H and O–H groups in total. The van der Waals surface area contributed by atoms with Gasteiger partial charge < -0.3 is 15.0 Å². The smallest absolute Gasteiger partial charge is 0.135 e. The Morgan fingerprint density at radius 2 is 1.97 bits per heavy atom. The number of aromatic amines is 2. The van der Waals surface area contributed by atoms with Crippen molar-refractivity contribution in [1.29, 1.82) is 0 Å². The molecular weight excluding hydrogens is 417 g/mol. The lowest BCUT2D eigenvalue weighted by molar-refractivity contribution is 0.411. The number of nitrogens with one attached hydrogen (secondary N) is 3. The van der Waals surface area contributed by atoms with Crippen LogP contribution in [0.2, 0.25) is 0 Å². The lowest BCUT2D eigenvalue weighted by Crippen LogP contribution is -2.20. The highest BCUT2D eigenvalue weighted by atomic mass is 19.1. The summed E-state index contributed by atoms with van der Waals surface area (Å²) in [6, 6.07) is 16.8. The molecule has 0 bridgehead atoms. The molecule has 33 heavy (non-hydrogen) atoms. The highest BCUT2D eigenvalue weighted by molar-refractivity contribution is 6.00. The third kappa shape index (κ3) is 3.47. The van der Waals surface area contributed by atoms with E-state index in [1.54, 1.807) is 0 Å². The van der Waals surface area contributed by atoms with Crippen LogP contribution in [-0.2, 0) is 0 Å². The van der Waals surface area contributed by atoms with Gasteiger partial charge in [-0.25, -0.2) is 9.37 Å². The molecule has 2 aromatic carbocycles. The number of nitrogens with zero attached hydrogens (tertiary/aromatic N) is 2. The Morgan fingerprint density at radius 1 is 1.03 bits per heavy atom. The average Bonchev–Trinajstić information content (AvgIpc) is 3.47. The molecule has 6 nitrogen and oxygen atoms in total. The van der Waals surface area contributed by atoms with Crippen LogP contribution in [0.5, 0.6) is 5.75 Å². The second-order valence-electron chi connectivity index (χ2n) is 8.18. The largest absolute Gasteiger partial charge is 0.497 e. The summed E-state index contributed by atoms with van der Waals surface area (Å²) in [6.45, 7) is 1.82. The summed E-state index contributed by atoms with van der Waals surface area (Å²) < 4.78 is 19.4. The summed E-state index contributed by atoms with van der Waals surface area (Å²) in [7, 11) is 1.54. The molecule has 0 radical (unpaired) electrons. The molecule has 7 heteroatoms. The molecule has 0 amide bonds. The number of halogens is 1. The van der Waals surface area contributed by atoms with Crippen molar-refractivity contribution in [2.24, 2.45) is 0 Å². The highest BCUT2D eigenvalue weighted by Gasteiger charge is 2.17. The number of H-pyrrole nitrogens is 2. The number of hydrogen-bond acceptors (Lipinski definition) is 4. The van der Waals surface area contributed by atoms with Gasteiger partial charge in [0.15, 0.2) is 0 Å². The fourth-order valence-electron chi connectivity index (χ4n) is 4.49. The van der Waals surface area contributed by atoms with Gasteiger partial charge in [-0.3, -0.25) is 5.10 Å². The number of fused-ring (bicyclic) bond motifs is 2. The van der Waals surface area contributed by atoms with E-state index < -0.39 is 0 Å². The zero-order valence-corrected chi connectivity index (χ0v) is 18.1. The summed E-state index contributed by atoms with van der Waals surface area (Å²) in [5, 5.41) is 12.0. The third-order valence-corrected chi connectivity index (χ3v) is 6.14. The maximum atomic E-state index is 14.2. The number of benzene rings is 2. The monoisotopic (exact) mass is 439 g/mol. The normalized spacial score (nSPS) is 14.1. The zero-order valence-electron chi connectivity index (χ0n) is 18.1. The average molecular weight is 439 g/mol. The first kappa shape index (κ1) is 19.7. The van der Waals surface area contributed by atoms with Gasteiger partial charge >= 0.3 is 0 Å². The molecule has 0 fully saturated rings. The van der Waals surface area contributed by atoms with Crippen molar-refractivity contribution >= 4 is 27.5 Å². The lowest BCUT2D eigenvalue weighted by Gasteiger charge is -2.13. The molecule has 0 unspecified atom stereocenters. The number of ether oxygens (including phenoxy) is 1. The summed E-state index contributed by atoms with van der Waals surface area (Å²) in [5.74, 6) is 0.152. The Bertz CT molecular complexity index is 1530. The van der Waals surface area contributed by atoms with Gasteiger partial charge in [-0.1, -0.05) is 18.2 Å². The fraction of sp³-hybridized carbons (Fsp3) is 0.154. The quantitative estimate of drug-likeness (QED) is 0.355.